The predicted octanol–water partition coefficient (Wildman–Crippen LogP) is 4.38. The lowest BCUT2D eigenvalue weighted by Gasteiger charge is -2.05. The largest absolute Gasteiger partial charge is 0.326 e. The first kappa shape index (κ1) is 15.5. The maximum absolute atomic E-state index is 12.2. The molecule has 0 heterocycles. The number of hydrogen-bond donors (Lipinski definition) is 1. The number of carbonyl (C=O) groups is 2. The molecule has 2 aromatic carbocycles. The van der Waals surface area contributed by atoms with Crippen molar-refractivity contribution in [1.29, 1.82) is 0 Å². The summed E-state index contributed by atoms with van der Waals surface area (Å²) < 4.78 is 0. The van der Waals surface area contributed by atoms with E-state index < -0.39 is 0 Å². The molecule has 0 saturated carbocycles. The van der Waals surface area contributed by atoms with Crippen LogP contribution in [0.1, 0.15) is 22.8 Å². The zero-order valence-electron chi connectivity index (χ0n) is 11.3. The van der Waals surface area contributed by atoms with E-state index in [1.807, 2.05) is 0 Å². The van der Waals surface area contributed by atoms with Crippen LogP contribution in [0.25, 0.3) is 0 Å². The van der Waals surface area contributed by atoms with Gasteiger partial charge >= 0.3 is 0 Å². The van der Waals surface area contributed by atoms with Gasteiger partial charge in [-0.3, -0.25) is 9.59 Å². The van der Waals surface area contributed by atoms with E-state index in [-0.39, 0.29) is 18.1 Å². The molecule has 0 aromatic heterocycles. The first-order valence-electron chi connectivity index (χ1n) is 6.30. The summed E-state index contributed by atoms with van der Waals surface area (Å²) in [6, 6.07) is 11.9. The molecule has 1 N–H and O–H groups in total. The summed E-state index contributed by atoms with van der Waals surface area (Å²) in [6.45, 7) is 1.43. The molecular formula is C16H13Cl2NO2. The zero-order valence-corrected chi connectivity index (χ0v) is 12.8. The van der Waals surface area contributed by atoms with Crippen molar-refractivity contribution < 1.29 is 9.59 Å². The van der Waals surface area contributed by atoms with Crippen molar-refractivity contribution in [1.82, 2.24) is 0 Å². The Morgan fingerprint density at radius 3 is 2.24 bits per heavy atom. The van der Waals surface area contributed by atoms with E-state index >= 15 is 0 Å². The van der Waals surface area contributed by atoms with Crippen molar-refractivity contribution >= 4 is 40.6 Å². The van der Waals surface area contributed by atoms with Crippen LogP contribution in [-0.2, 0) is 11.2 Å². The van der Waals surface area contributed by atoms with Crippen LogP contribution in [0.4, 0.5) is 5.69 Å². The number of hydrogen-bond acceptors (Lipinski definition) is 2. The molecule has 2 aromatic rings. The number of Topliss-reactive ketones (excluding diaryl/α,β-unsaturated/α-hetero) is 1. The molecule has 0 aliphatic carbocycles. The molecular weight excluding hydrogens is 309 g/mol. The average Bonchev–Trinajstić information content (AvgIpc) is 2.43. The standard InChI is InChI=1S/C16H13Cl2NO2/c1-10(20)19-13-5-3-12(4-6-13)16(21)9-11-2-7-14(17)15(18)8-11/h2-8H,9H2,1H3,(H,19,20). The van der Waals surface area contributed by atoms with Gasteiger partial charge < -0.3 is 5.32 Å². The van der Waals surface area contributed by atoms with Crippen LogP contribution in [0.5, 0.6) is 0 Å². The Morgan fingerprint density at radius 1 is 1.00 bits per heavy atom. The molecule has 0 atom stereocenters. The fourth-order valence-corrected chi connectivity index (χ4v) is 2.20. The highest BCUT2D eigenvalue weighted by atomic mass is 35.5. The fraction of sp³-hybridized carbons (Fsp3) is 0.125. The molecule has 0 fully saturated rings. The molecule has 21 heavy (non-hydrogen) atoms. The van der Waals surface area contributed by atoms with Crippen molar-refractivity contribution in [3.63, 3.8) is 0 Å². The summed E-state index contributed by atoms with van der Waals surface area (Å²) in [5.74, 6) is -0.173. The average molecular weight is 322 g/mol. The van der Waals surface area contributed by atoms with E-state index in [9.17, 15) is 9.59 Å². The summed E-state index contributed by atoms with van der Waals surface area (Å²) in [5.41, 5.74) is 2.05. The van der Waals surface area contributed by atoms with Gasteiger partial charge in [-0.25, -0.2) is 0 Å². The predicted molar refractivity (Wildman–Crippen MR) is 85.2 cm³/mol. The second-order valence-corrected chi connectivity index (χ2v) is 5.42. The van der Waals surface area contributed by atoms with Crippen molar-refractivity contribution in [2.75, 3.05) is 5.32 Å². The number of carbonyl (C=O) groups excluding carboxylic acids is 2. The topological polar surface area (TPSA) is 46.2 Å². The van der Waals surface area contributed by atoms with E-state index in [1.54, 1.807) is 42.5 Å². The molecule has 0 radical (unpaired) electrons. The molecule has 0 aliphatic heterocycles. The first-order chi connectivity index (χ1) is 9.95. The number of benzene rings is 2. The minimum Gasteiger partial charge on any atom is -0.326 e. The quantitative estimate of drug-likeness (QED) is 0.849. The van der Waals surface area contributed by atoms with Gasteiger partial charge in [-0.2, -0.15) is 0 Å². The summed E-state index contributed by atoms with van der Waals surface area (Å²) in [7, 11) is 0. The number of rotatable bonds is 4. The molecule has 2 rings (SSSR count). The second-order valence-electron chi connectivity index (χ2n) is 4.61. The van der Waals surface area contributed by atoms with Crippen LogP contribution < -0.4 is 5.32 Å². The van der Waals surface area contributed by atoms with E-state index in [2.05, 4.69) is 5.32 Å². The van der Waals surface area contributed by atoms with Gasteiger partial charge in [0, 0.05) is 24.6 Å². The van der Waals surface area contributed by atoms with Crippen molar-refractivity contribution in [2.24, 2.45) is 0 Å². The highest BCUT2D eigenvalue weighted by Crippen LogP contribution is 2.23. The molecule has 108 valence electrons. The summed E-state index contributed by atoms with van der Waals surface area (Å²) in [5, 5.41) is 3.55. The Bertz CT molecular complexity index is 681. The molecule has 0 saturated heterocycles. The first-order valence-corrected chi connectivity index (χ1v) is 7.06. The fourth-order valence-electron chi connectivity index (χ4n) is 1.88. The van der Waals surface area contributed by atoms with Crippen molar-refractivity contribution in [3.05, 3.63) is 63.6 Å². The maximum atomic E-state index is 12.2. The van der Waals surface area contributed by atoms with Crippen molar-refractivity contribution in [3.8, 4) is 0 Å². The van der Waals surface area contributed by atoms with Gasteiger partial charge in [-0.1, -0.05) is 29.3 Å². The third kappa shape index (κ3) is 4.31. The van der Waals surface area contributed by atoms with E-state index in [4.69, 9.17) is 23.2 Å². The van der Waals surface area contributed by atoms with E-state index in [0.29, 0.717) is 21.3 Å². The molecule has 3 nitrogen and oxygen atoms in total. The van der Waals surface area contributed by atoms with Crippen molar-refractivity contribution in [2.45, 2.75) is 13.3 Å². The Hall–Kier alpha value is -1.84. The van der Waals surface area contributed by atoms with Gasteiger partial charge in [0.25, 0.3) is 0 Å². The Morgan fingerprint density at radius 2 is 1.67 bits per heavy atom. The Kier molecular flexibility index (Phi) is 4.99. The molecule has 0 bridgehead atoms. The van der Waals surface area contributed by atoms with Crippen LogP contribution in [0.15, 0.2) is 42.5 Å². The smallest absolute Gasteiger partial charge is 0.221 e. The summed E-state index contributed by atoms with van der Waals surface area (Å²) >= 11 is 11.8. The maximum Gasteiger partial charge on any atom is 0.221 e. The van der Waals surface area contributed by atoms with Crippen LogP contribution in [0.3, 0.4) is 0 Å². The molecule has 0 aliphatic rings. The van der Waals surface area contributed by atoms with Crippen LogP contribution in [0, 0.1) is 0 Å². The number of nitrogens with one attached hydrogen (secondary N) is 1. The molecule has 5 heteroatoms. The lowest BCUT2D eigenvalue weighted by atomic mass is 10.0. The molecule has 0 spiro atoms. The third-order valence-corrected chi connectivity index (χ3v) is 3.61. The monoisotopic (exact) mass is 321 g/mol. The van der Waals surface area contributed by atoms with Gasteiger partial charge in [-0.05, 0) is 42.0 Å². The normalized spacial score (nSPS) is 10.2. The summed E-state index contributed by atoms with van der Waals surface area (Å²) in [6.07, 6.45) is 0.246. The van der Waals surface area contributed by atoms with Gasteiger partial charge in [0.15, 0.2) is 5.78 Å². The number of halogens is 2. The van der Waals surface area contributed by atoms with Crippen LogP contribution >= 0.6 is 23.2 Å². The van der Waals surface area contributed by atoms with Gasteiger partial charge in [0.05, 0.1) is 10.0 Å². The van der Waals surface area contributed by atoms with E-state index in [1.165, 1.54) is 6.92 Å². The number of anilines is 1. The zero-order chi connectivity index (χ0) is 15.4. The second kappa shape index (κ2) is 6.74. The van der Waals surface area contributed by atoms with E-state index in [0.717, 1.165) is 5.56 Å². The number of amides is 1. The van der Waals surface area contributed by atoms with Gasteiger partial charge in [0.2, 0.25) is 5.91 Å². The van der Waals surface area contributed by atoms with Gasteiger partial charge in [-0.15, -0.1) is 0 Å². The van der Waals surface area contributed by atoms with Gasteiger partial charge in [0.1, 0.15) is 0 Å². The lowest BCUT2D eigenvalue weighted by Crippen LogP contribution is -2.07. The Balaban J connectivity index is 2.09. The SMILES string of the molecule is CC(=O)Nc1ccc(C(=O)Cc2ccc(Cl)c(Cl)c2)cc1. The minimum atomic E-state index is -0.148. The summed E-state index contributed by atoms with van der Waals surface area (Å²) in [4.78, 5) is 23.1. The Labute approximate surface area is 132 Å². The molecule has 0 unspecified atom stereocenters. The van der Waals surface area contributed by atoms with Crippen LogP contribution in [0.2, 0.25) is 10.0 Å². The highest BCUT2D eigenvalue weighted by Gasteiger charge is 2.09. The number of ketones is 1. The minimum absolute atomic E-state index is 0.0252. The lowest BCUT2D eigenvalue weighted by molar-refractivity contribution is -0.114. The highest BCUT2D eigenvalue weighted by molar-refractivity contribution is 6.42. The molecule has 1 amide bonds. The van der Waals surface area contributed by atoms with Crippen LogP contribution in [-0.4, -0.2) is 11.7 Å². The third-order valence-electron chi connectivity index (χ3n) is 2.88.